The molecule has 2 aromatic carbocycles. The molecule has 0 aliphatic heterocycles. The predicted molar refractivity (Wildman–Crippen MR) is 108 cm³/mol. The first-order valence-corrected chi connectivity index (χ1v) is 9.34. The van der Waals surface area contributed by atoms with Gasteiger partial charge < -0.3 is 10.2 Å². The van der Waals surface area contributed by atoms with Crippen molar-refractivity contribution >= 4 is 28.1 Å². The van der Waals surface area contributed by atoms with Gasteiger partial charge in [-0.1, -0.05) is 41.6 Å². The number of nitrogens with zero attached hydrogens (tertiary/aromatic N) is 4. The largest absolute Gasteiger partial charge is 0.422 e. The van der Waals surface area contributed by atoms with E-state index in [2.05, 4.69) is 15.3 Å². The van der Waals surface area contributed by atoms with E-state index in [0.717, 1.165) is 11.1 Å². The molecule has 0 spiro atoms. The van der Waals surface area contributed by atoms with Gasteiger partial charge in [-0.25, -0.2) is 9.78 Å². The number of hydrogen-bond donors (Lipinski definition) is 1. The molecule has 0 atom stereocenters. The number of hydrogen-bond acceptors (Lipinski definition) is 7. The highest BCUT2D eigenvalue weighted by Gasteiger charge is 2.18. The fourth-order valence-corrected chi connectivity index (χ4v) is 3.76. The second kappa shape index (κ2) is 6.43. The van der Waals surface area contributed by atoms with Gasteiger partial charge in [0.15, 0.2) is 11.5 Å². The molecule has 0 aliphatic carbocycles. The lowest BCUT2D eigenvalue weighted by Gasteiger charge is -2.01. The first-order chi connectivity index (χ1) is 13.7. The van der Waals surface area contributed by atoms with Gasteiger partial charge in [0.2, 0.25) is 0 Å². The molecule has 0 radical (unpaired) electrons. The summed E-state index contributed by atoms with van der Waals surface area (Å²) in [5.74, 6) is 0.387. The highest BCUT2D eigenvalue weighted by atomic mass is 32.1. The lowest BCUT2D eigenvalue weighted by Crippen LogP contribution is -2.03. The number of aromatic nitrogens is 4. The third-order valence-electron chi connectivity index (χ3n) is 4.33. The zero-order valence-electron chi connectivity index (χ0n) is 14.4. The molecule has 0 aliphatic rings. The number of anilines is 1. The number of nitrogen functional groups attached to an aromatic ring is 1. The van der Waals surface area contributed by atoms with E-state index in [9.17, 15) is 4.79 Å². The monoisotopic (exact) mass is 387 g/mol. The van der Waals surface area contributed by atoms with Crippen molar-refractivity contribution in [1.29, 1.82) is 0 Å². The quantitative estimate of drug-likeness (QED) is 0.473. The Bertz CT molecular complexity index is 1350. The summed E-state index contributed by atoms with van der Waals surface area (Å²) in [6.45, 7) is 0. The molecular formula is C20H13N5O2S. The van der Waals surface area contributed by atoms with Crippen LogP contribution in [0.2, 0.25) is 0 Å². The summed E-state index contributed by atoms with van der Waals surface area (Å²) >= 11 is 1.35. The zero-order valence-corrected chi connectivity index (χ0v) is 15.3. The average Bonchev–Trinajstić information content (AvgIpc) is 3.35. The van der Waals surface area contributed by atoms with E-state index in [0.29, 0.717) is 33.4 Å². The smallest absolute Gasteiger partial charge is 0.345 e. The Kier molecular flexibility index (Phi) is 3.77. The number of para-hydroxylation sites is 2. The van der Waals surface area contributed by atoms with E-state index >= 15 is 0 Å². The van der Waals surface area contributed by atoms with E-state index in [1.165, 1.54) is 11.3 Å². The summed E-state index contributed by atoms with van der Waals surface area (Å²) < 4.78 is 6.96. The molecule has 8 heteroatoms. The van der Waals surface area contributed by atoms with Crippen LogP contribution >= 0.6 is 11.3 Å². The van der Waals surface area contributed by atoms with Gasteiger partial charge in [0.25, 0.3) is 0 Å². The molecule has 7 nitrogen and oxygen atoms in total. The Hall–Kier alpha value is -3.78. The van der Waals surface area contributed by atoms with Crippen molar-refractivity contribution in [3.8, 4) is 27.6 Å². The summed E-state index contributed by atoms with van der Waals surface area (Å²) in [6.07, 6.45) is 0. The van der Waals surface area contributed by atoms with Crippen LogP contribution in [0.5, 0.6) is 0 Å². The zero-order chi connectivity index (χ0) is 19.1. The molecular weight excluding hydrogens is 374 g/mol. The van der Waals surface area contributed by atoms with Gasteiger partial charge in [-0.2, -0.15) is 4.68 Å². The molecule has 0 saturated heterocycles. The van der Waals surface area contributed by atoms with Crippen LogP contribution in [0.4, 0.5) is 5.82 Å². The molecule has 0 bridgehead atoms. The summed E-state index contributed by atoms with van der Waals surface area (Å²) in [7, 11) is 0. The maximum atomic E-state index is 12.4. The summed E-state index contributed by atoms with van der Waals surface area (Å²) in [6, 6.07) is 18.6. The normalized spacial score (nSPS) is 11.1. The third-order valence-corrected chi connectivity index (χ3v) is 5.18. The van der Waals surface area contributed by atoms with E-state index in [4.69, 9.17) is 10.2 Å². The fraction of sp³-hybridized carbons (Fsp3) is 0. The molecule has 28 heavy (non-hydrogen) atoms. The van der Waals surface area contributed by atoms with Gasteiger partial charge in [0.05, 0.1) is 16.9 Å². The van der Waals surface area contributed by atoms with Crippen molar-refractivity contribution in [1.82, 2.24) is 20.0 Å². The van der Waals surface area contributed by atoms with Crippen molar-refractivity contribution in [3.63, 3.8) is 0 Å². The van der Waals surface area contributed by atoms with Crippen LogP contribution in [0.15, 0.2) is 75.3 Å². The standard InChI is InChI=1S/C20H13N5O2S/c21-18-17(23-24-25(18)13-7-2-1-3-8-13)19-22-15(11-28-19)14-10-12-6-4-5-9-16(12)27-20(14)26/h1-11H,21H2. The van der Waals surface area contributed by atoms with Crippen LogP contribution in [-0.2, 0) is 0 Å². The number of rotatable bonds is 3. The first kappa shape index (κ1) is 16.4. The van der Waals surface area contributed by atoms with Gasteiger partial charge in [-0.3, -0.25) is 0 Å². The maximum absolute atomic E-state index is 12.4. The molecule has 0 saturated carbocycles. The van der Waals surface area contributed by atoms with Crippen molar-refractivity contribution in [2.75, 3.05) is 5.73 Å². The minimum absolute atomic E-state index is 0.387. The van der Waals surface area contributed by atoms with Gasteiger partial charge in [-0.15, -0.1) is 16.4 Å². The van der Waals surface area contributed by atoms with Gasteiger partial charge in [-0.05, 0) is 24.3 Å². The van der Waals surface area contributed by atoms with E-state index in [1.807, 2.05) is 48.5 Å². The molecule has 2 N–H and O–H groups in total. The van der Waals surface area contributed by atoms with Crippen LogP contribution in [0, 0.1) is 0 Å². The topological polar surface area (TPSA) is 99.8 Å². The van der Waals surface area contributed by atoms with Crippen LogP contribution < -0.4 is 11.4 Å². The van der Waals surface area contributed by atoms with Crippen LogP contribution in [0.3, 0.4) is 0 Å². The number of nitrogens with two attached hydrogens (primary N) is 1. The first-order valence-electron chi connectivity index (χ1n) is 8.46. The van der Waals surface area contributed by atoms with Gasteiger partial charge >= 0.3 is 5.63 Å². The number of thiazole rings is 1. The van der Waals surface area contributed by atoms with Crippen molar-refractivity contribution < 1.29 is 4.42 Å². The Morgan fingerprint density at radius 1 is 1.04 bits per heavy atom. The average molecular weight is 387 g/mol. The van der Waals surface area contributed by atoms with Gasteiger partial charge in [0.1, 0.15) is 10.6 Å². The minimum Gasteiger partial charge on any atom is -0.422 e. The molecule has 3 heterocycles. The Morgan fingerprint density at radius 2 is 1.82 bits per heavy atom. The summed E-state index contributed by atoms with van der Waals surface area (Å²) in [5.41, 5.74) is 8.56. The lowest BCUT2D eigenvalue weighted by molar-refractivity contribution is 0.563. The van der Waals surface area contributed by atoms with E-state index < -0.39 is 5.63 Å². The molecule has 5 rings (SSSR count). The number of fused-ring (bicyclic) bond motifs is 1. The lowest BCUT2D eigenvalue weighted by atomic mass is 10.1. The molecule has 0 fully saturated rings. The maximum Gasteiger partial charge on any atom is 0.345 e. The SMILES string of the molecule is Nc1c(-c2nc(-c3cc4ccccc4oc3=O)cs2)nnn1-c1ccccc1. The Labute approximate surface area is 162 Å². The Balaban J connectivity index is 1.57. The van der Waals surface area contributed by atoms with Crippen LogP contribution in [-0.4, -0.2) is 20.0 Å². The summed E-state index contributed by atoms with van der Waals surface area (Å²) in [4.78, 5) is 16.9. The second-order valence-corrected chi connectivity index (χ2v) is 6.95. The molecule has 3 aromatic heterocycles. The number of benzene rings is 2. The summed E-state index contributed by atoms with van der Waals surface area (Å²) in [5, 5.41) is 11.5. The molecule has 136 valence electrons. The minimum atomic E-state index is -0.434. The molecule has 0 unspecified atom stereocenters. The fourth-order valence-electron chi connectivity index (χ4n) is 2.95. The van der Waals surface area contributed by atoms with E-state index in [-0.39, 0.29) is 0 Å². The highest BCUT2D eigenvalue weighted by molar-refractivity contribution is 7.13. The Morgan fingerprint density at radius 3 is 2.68 bits per heavy atom. The van der Waals surface area contributed by atoms with Crippen molar-refractivity contribution in [2.45, 2.75) is 0 Å². The van der Waals surface area contributed by atoms with Gasteiger partial charge in [0, 0.05) is 10.8 Å². The van der Waals surface area contributed by atoms with Crippen LogP contribution in [0.25, 0.3) is 38.6 Å². The molecule has 0 amide bonds. The highest BCUT2D eigenvalue weighted by Crippen LogP contribution is 2.31. The predicted octanol–water partition coefficient (Wildman–Crippen LogP) is 3.75. The van der Waals surface area contributed by atoms with Crippen molar-refractivity contribution in [2.24, 2.45) is 0 Å². The van der Waals surface area contributed by atoms with E-state index in [1.54, 1.807) is 22.2 Å². The second-order valence-electron chi connectivity index (χ2n) is 6.09. The van der Waals surface area contributed by atoms with Crippen LogP contribution in [0.1, 0.15) is 0 Å². The molecule has 5 aromatic rings. The van der Waals surface area contributed by atoms with Crippen molar-refractivity contribution in [3.05, 3.63) is 76.5 Å². The third kappa shape index (κ3) is 2.67.